The molecule has 2 aromatic rings. The predicted octanol–water partition coefficient (Wildman–Crippen LogP) is 3.69. The smallest absolute Gasteiger partial charge is 0.224 e. The quantitative estimate of drug-likeness (QED) is 0.757. The molecule has 2 N–H and O–H groups in total. The Labute approximate surface area is 125 Å². The molecule has 5 heteroatoms. The Morgan fingerprint density at radius 3 is 2.86 bits per heavy atom. The number of aromatic nitrogens is 2. The number of hydrogen-bond acceptors (Lipinski definition) is 5. The van der Waals surface area contributed by atoms with E-state index < -0.39 is 0 Å². The minimum Gasteiger partial charge on any atom is -0.354 e. The standard InChI is InChI=1S/C16H19N5/c1-2-3-6-10-18-16-19-11-9-15(21-16)20-14-8-5-4-7-13(14)12-17/h4-5,7-9,11H,2-3,6,10H2,1H3,(H2,18,19,20,21). The van der Waals surface area contributed by atoms with E-state index in [0.717, 1.165) is 18.7 Å². The highest BCUT2D eigenvalue weighted by molar-refractivity contribution is 5.64. The summed E-state index contributed by atoms with van der Waals surface area (Å²) in [5.74, 6) is 1.27. The van der Waals surface area contributed by atoms with E-state index in [1.54, 1.807) is 18.3 Å². The van der Waals surface area contributed by atoms with Crippen LogP contribution in [0.2, 0.25) is 0 Å². The molecule has 0 aliphatic carbocycles. The molecule has 0 unspecified atom stereocenters. The molecular weight excluding hydrogens is 262 g/mol. The first-order chi connectivity index (χ1) is 10.3. The number of nitriles is 1. The maximum absolute atomic E-state index is 9.08. The third-order valence-electron chi connectivity index (χ3n) is 3.03. The summed E-state index contributed by atoms with van der Waals surface area (Å²) < 4.78 is 0. The molecule has 5 nitrogen and oxygen atoms in total. The molecular formula is C16H19N5. The minimum atomic E-state index is 0.591. The molecule has 0 aliphatic heterocycles. The van der Waals surface area contributed by atoms with Crippen molar-refractivity contribution in [3.05, 3.63) is 42.1 Å². The molecule has 0 spiro atoms. The van der Waals surface area contributed by atoms with Gasteiger partial charge in [-0.3, -0.25) is 0 Å². The number of hydrogen-bond donors (Lipinski definition) is 2. The van der Waals surface area contributed by atoms with E-state index in [0.29, 0.717) is 17.3 Å². The summed E-state index contributed by atoms with van der Waals surface area (Å²) in [6.45, 7) is 3.04. The molecule has 1 aromatic carbocycles. The third kappa shape index (κ3) is 4.46. The summed E-state index contributed by atoms with van der Waals surface area (Å²) in [5.41, 5.74) is 1.34. The maximum atomic E-state index is 9.08. The number of rotatable bonds is 7. The van der Waals surface area contributed by atoms with Gasteiger partial charge in [-0.15, -0.1) is 0 Å². The van der Waals surface area contributed by atoms with Crippen molar-refractivity contribution in [2.45, 2.75) is 26.2 Å². The largest absolute Gasteiger partial charge is 0.354 e. The van der Waals surface area contributed by atoms with E-state index in [-0.39, 0.29) is 0 Å². The number of anilines is 3. The fraction of sp³-hybridized carbons (Fsp3) is 0.312. The van der Waals surface area contributed by atoms with E-state index in [9.17, 15) is 0 Å². The highest BCUT2D eigenvalue weighted by atomic mass is 15.1. The second-order valence-corrected chi connectivity index (χ2v) is 4.68. The molecule has 0 atom stereocenters. The van der Waals surface area contributed by atoms with Crippen LogP contribution in [0.4, 0.5) is 17.5 Å². The fourth-order valence-corrected chi connectivity index (χ4v) is 1.92. The number of unbranched alkanes of at least 4 members (excludes halogenated alkanes) is 2. The first-order valence-electron chi connectivity index (χ1n) is 7.16. The van der Waals surface area contributed by atoms with Crippen molar-refractivity contribution in [3.63, 3.8) is 0 Å². The molecule has 0 bridgehead atoms. The van der Waals surface area contributed by atoms with E-state index in [4.69, 9.17) is 5.26 Å². The van der Waals surface area contributed by atoms with Crippen LogP contribution in [0.1, 0.15) is 31.7 Å². The van der Waals surface area contributed by atoms with Crippen molar-refractivity contribution >= 4 is 17.5 Å². The van der Waals surface area contributed by atoms with Crippen molar-refractivity contribution < 1.29 is 0 Å². The second-order valence-electron chi connectivity index (χ2n) is 4.68. The van der Waals surface area contributed by atoms with Gasteiger partial charge in [0.1, 0.15) is 11.9 Å². The molecule has 0 saturated carbocycles. The van der Waals surface area contributed by atoms with Gasteiger partial charge < -0.3 is 10.6 Å². The molecule has 1 aromatic heterocycles. The Balaban J connectivity index is 2.02. The highest BCUT2D eigenvalue weighted by Gasteiger charge is 2.03. The first-order valence-corrected chi connectivity index (χ1v) is 7.16. The Hall–Kier alpha value is -2.61. The molecule has 2 rings (SSSR count). The minimum absolute atomic E-state index is 0.591. The number of benzene rings is 1. The van der Waals surface area contributed by atoms with Gasteiger partial charge >= 0.3 is 0 Å². The van der Waals surface area contributed by atoms with Crippen LogP contribution < -0.4 is 10.6 Å². The molecule has 0 radical (unpaired) electrons. The lowest BCUT2D eigenvalue weighted by atomic mass is 10.2. The van der Waals surface area contributed by atoms with Gasteiger partial charge in [0.2, 0.25) is 5.95 Å². The Bertz CT molecular complexity index is 618. The molecule has 21 heavy (non-hydrogen) atoms. The zero-order valence-corrected chi connectivity index (χ0v) is 12.1. The van der Waals surface area contributed by atoms with Crippen LogP contribution in [-0.2, 0) is 0 Å². The van der Waals surface area contributed by atoms with Crippen LogP contribution in [0, 0.1) is 11.3 Å². The van der Waals surface area contributed by atoms with Crippen molar-refractivity contribution in [2.24, 2.45) is 0 Å². The summed E-state index contributed by atoms with van der Waals surface area (Å²) in [5, 5.41) is 15.4. The van der Waals surface area contributed by atoms with Crippen molar-refractivity contribution in [2.75, 3.05) is 17.2 Å². The van der Waals surface area contributed by atoms with Gasteiger partial charge in [0.05, 0.1) is 11.3 Å². The zero-order chi connectivity index (χ0) is 14.9. The molecule has 0 aliphatic rings. The second kappa shape index (κ2) is 7.85. The van der Waals surface area contributed by atoms with Gasteiger partial charge in [0.15, 0.2) is 0 Å². The molecule has 1 heterocycles. The first kappa shape index (κ1) is 14.8. The van der Waals surface area contributed by atoms with Gasteiger partial charge in [-0.2, -0.15) is 10.2 Å². The van der Waals surface area contributed by atoms with E-state index in [1.807, 2.05) is 18.2 Å². The topological polar surface area (TPSA) is 73.6 Å². The monoisotopic (exact) mass is 281 g/mol. The van der Waals surface area contributed by atoms with E-state index in [1.165, 1.54) is 12.8 Å². The molecule has 0 fully saturated rings. The normalized spacial score (nSPS) is 9.90. The third-order valence-corrected chi connectivity index (χ3v) is 3.03. The zero-order valence-electron chi connectivity index (χ0n) is 12.1. The van der Waals surface area contributed by atoms with Gasteiger partial charge in [0.25, 0.3) is 0 Å². The highest BCUT2D eigenvalue weighted by Crippen LogP contribution is 2.19. The Morgan fingerprint density at radius 2 is 2.05 bits per heavy atom. The average Bonchev–Trinajstić information content (AvgIpc) is 2.52. The van der Waals surface area contributed by atoms with Crippen LogP contribution in [0.3, 0.4) is 0 Å². The van der Waals surface area contributed by atoms with Crippen molar-refractivity contribution in [3.8, 4) is 6.07 Å². The number of para-hydroxylation sites is 1. The maximum Gasteiger partial charge on any atom is 0.224 e. The SMILES string of the molecule is CCCCCNc1nccc(Nc2ccccc2C#N)n1. The molecule has 0 saturated heterocycles. The molecule has 0 amide bonds. The Kier molecular flexibility index (Phi) is 5.53. The predicted molar refractivity (Wildman–Crippen MR) is 84.5 cm³/mol. The van der Waals surface area contributed by atoms with Gasteiger partial charge in [-0.1, -0.05) is 31.9 Å². The van der Waals surface area contributed by atoms with Gasteiger partial charge in [-0.05, 0) is 24.6 Å². The summed E-state index contributed by atoms with van der Waals surface area (Å²) >= 11 is 0. The van der Waals surface area contributed by atoms with Crippen LogP contribution in [0.15, 0.2) is 36.5 Å². The van der Waals surface area contributed by atoms with Crippen LogP contribution in [0.5, 0.6) is 0 Å². The number of nitrogens with one attached hydrogen (secondary N) is 2. The summed E-state index contributed by atoms with van der Waals surface area (Å²) in [4.78, 5) is 8.59. The van der Waals surface area contributed by atoms with E-state index in [2.05, 4.69) is 33.6 Å². The number of nitrogens with zero attached hydrogens (tertiary/aromatic N) is 3. The van der Waals surface area contributed by atoms with Gasteiger partial charge in [0, 0.05) is 12.7 Å². The fourth-order valence-electron chi connectivity index (χ4n) is 1.92. The lowest BCUT2D eigenvalue weighted by Crippen LogP contribution is -2.06. The van der Waals surface area contributed by atoms with Crippen LogP contribution in [-0.4, -0.2) is 16.5 Å². The van der Waals surface area contributed by atoms with Crippen molar-refractivity contribution in [1.29, 1.82) is 5.26 Å². The lowest BCUT2D eigenvalue weighted by Gasteiger charge is -2.09. The van der Waals surface area contributed by atoms with Gasteiger partial charge in [-0.25, -0.2) is 4.98 Å². The summed E-state index contributed by atoms with van der Waals surface area (Å²) in [6, 6.07) is 11.3. The van der Waals surface area contributed by atoms with Crippen LogP contribution >= 0.6 is 0 Å². The van der Waals surface area contributed by atoms with Crippen LogP contribution in [0.25, 0.3) is 0 Å². The average molecular weight is 281 g/mol. The summed E-state index contributed by atoms with van der Waals surface area (Å²) in [7, 11) is 0. The van der Waals surface area contributed by atoms with E-state index >= 15 is 0 Å². The Morgan fingerprint density at radius 1 is 1.19 bits per heavy atom. The lowest BCUT2D eigenvalue weighted by molar-refractivity contribution is 0.740. The molecule has 108 valence electrons. The summed E-state index contributed by atoms with van der Waals surface area (Å²) in [6.07, 6.45) is 5.19. The van der Waals surface area contributed by atoms with Crippen molar-refractivity contribution in [1.82, 2.24) is 9.97 Å².